The molecule has 0 aromatic heterocycles. The molecule has 0 heterocycles. The average molecular weight is 523 g/mol. The summed E-state index contributed by atoms with van der Waals surface area (Å²) in [6, 6.07) is 0. The summed E-state index contributed by atoms with van der Waals surface area (Å²) in [6.07, 6.45) is 25.5. The number of carbonyl (C=O) groups is 2. The maximum Gasteiger partial charge on any atom is 0.310 e. The van der Waals surface area contributed by atoms with Crippen LogP contribution in [0.1, 0.15) is 169 Å². The van der Waals surface area contributed by atoms with Crippen molar-refractivity contribution < 1.29 is 19.4 Å². The molecule has 4 nitrogen and oxygen atoms in total. The second kappa shape index (κ2) is 21.8. The zero-order valence-corrected chi connectivity index (χ0v) is 25.1. The molecule has 1 aliphatic rings. The van der Waals surface area contributed by atoms with E-state index in [0.29, 0.717) is 12.8 Å². The van der Waals surface area contributed by atoms with E-state index in [4.69, 9.17) is 4.74 Å². The first kappa shape index (κ1) is 34.0. The fraction of sp³-hybridized carbons (Fsp3) is 0.939. The molecule has 0 spiro atoms. The third kappa shape index (κ3) is 18.0. The van der Waals surface area contributed by atoms with E-state index in [1.807, 2.05) is 0 Å². The van der Waals surface area contributed by atoms with Gasteiger partial charge in [-0.15, -0.1) is 0 Å². The lowest BCUT2D eigenvalue weighted by Crippen LogP contribution is -2.35. The Bertz CT molecular complexity index is 571. The summed E-state index contributed by atoms with van der Waals surface area (Å²) in [5.41, 5.74) is 0. The van der Waals surface area contributed by atoms with E-state index in [-0.39, 0.29) is 12.1 Å². The average Bonchev–Trinajstić information content (AvgIpc) is 2.85. The first-order valence-electron chi connectivity index (χ1n) is 16.2. The molecule has 0 saturated heterocycles. The largest absolute Gasteiger partial charge is 0.481 e. The van der Waals surface area contributed by atoms with Crippen molar-refractivity contribution in [1.82, 2.24) is 0 Å². The first-order chi connectivity index (χ1) is 17.8. The minimum Gasteiger partial charge on any atom is -0.481 e. The van der Waals surface area contributed by atoms with E-state index in [1.165, 1.54) is 89.9 Å². The SMILES string of the molecule is CC(C)CCCCCCCCCCC(CCCCCCCCC(C)C)OC(=O)C1CCCCC1C(=O)O. The van der Waals surface area contributed by atoms with Gasteiger partial charge in [0.15, 0.2) is 0 Å². The Morgan fingerprint density at radius 3 is 1.32 bits per heavy atom. The predicted octanol–water partition coefficient (Wildman–Crippen LogP) is 10.1. The van der Waals surface area contributed by atoms with Gasteiger partial charge in [-0.3, -0.25) is 9.59 Å². The molecule has 1 saturated carbocycles. The Labute approximate surface area is 230 Å². The number of rotatable bonds is 23. The van der Waals surface area contributed by atoms with Gasteiger partial charge in [0.05, 0.1) is 11.8 Å². The van der Waals surface area contributed by atoms with E-state index < -0.39 is 17.8 Å². The zero-order chi connectivity index (χ0) is 27.3. The number of carboxylic acid groups (broad SMARTS) is 1. The highest BCUT2D eigenvalue weighted by Crippen LogP contribution is 2.32. The summed E-state index contributed by atoms with van der Waals surface area (Å²) in [7, 11) is 0. The minimum absolute atomic E-state index is 0.0409. The summed E-state index contributed by atoms with van der Waals surface area (Å²) in [5, 5.41) is 9.59. The van der Waals surface area contributed by atoms with Gasteiger partial charge in [0.1, 0.15) is 6.10 Å². The van der Waals surface area contributed by atoms with Gasteiger partial charge in [0.25, 0.3) is 0 Å². The van der Waals surface area contributed by atoms with Crippen LogP contribution in [0.4, 0.5) is 0 Å². The van der Waals surface area contributed by atoms with Crippen molar-refractivity contribution in [3.05, 3.63) is 0 Å². The number of esters is 1. The highest BCUT2D eigenvalue weighted by atomic mass is 16.5. The van der Waals surface area contributed by atoms with Crippen LogP contribution in [0.3, 0.4) is 0 Å². The van der Waals surface area contributed by atoms with Crippen molar-refractivity contribution >= 4 is 11.9 Å². The molecule has 218 valence electrons. The van der Waals surface area contributed by atoms with Crippen molar-refractivity contribution in [1.29, 1.82) is 0 Å². The summed E-state index contributed by atoms with van der Waals surface area (Å²) in [4.78, 5) is 24.7. The molecule has 0 amide bonds. The van der Waals surface area contributed by atoms with Crippen LogP contribution >= 0.6 is 0 Å². The van der Waals surface area contributed by atoms with E-state index in [0.717, 1.165) is 50.4 Å². The summed E-state index contributed by atoms with van der Waals surface area (Å²) >= 11 is 0. The fourth-order valence-corrected chi connectivity index (χ4v) is 5.84. The Kier molecular flexibility index (Phi) is 20.0. The molecular formula is C33H62O4. The number of carboxylic acids is 1. The van der Waals surface area contributed by atoms with Crippen LogP contribution in [-0.2, 0) is 14.3 Å². The molecule has 1 rings (SSSR count). The highest BCUT2D eigenvalue weighted by molar-refractivity contribution is 5.81. The first-order valence-corrected chi connectivity index (χ1v) is 16.2. The van der Waals surface area contributed by atoms with Crippen LogP contribution in [0.15, 0.2) is 0 Å². The predicted molar refractivity (Wildman–Crippen MR) is 156 cm³/mol. The maximum absolute atomic E-state index is 13.0. The van der Waals surface area contributed by atoms with Crippen molar-refractivity contribution in [2.75, 3.05) is 0 Å². The second-order valence-electron chi connectivity index (χ2n) is 12.8. The molecule has 1 N–H and O–H groups in total. The van der Waals surface area contributed by atoms with Gasteiger partial charge in [-0.25, -0.2) is 0 Å². The topological polar surface area (TPSA) is 63.6 Å². The molecule has 0 aromatic rings. The van der Waals surface area contributed by atoms with Crippen molar-refractivity contribution in [2.45, 2.75) is 175 Å². The quantitative estimate of drug-likeness (QED) is 0.107. The standard InChI is InChI=1S/C33H62O4/c1-27(2)21-15-11-7-5-6-8-13-17-23-29(24-18-14-10-9-12-16-22-28(3)4)37-33(36)31-26-20-19-25-30(31)32(34)35/h27-31H,5-26H2,1-4H3,(H,34,35). The molecule has 0 radical (unpaired) electrons. The molecule has 0 bridgehead atoms. The smallest absolute Gasteiger partial charge is 0.310 e. The van der Waals surface area contributed by atoms with Crippen molar-refractivity contribution in [2.24, 2.45) is 23.7 Å². The normalized spacial score (nSPS) is 18.9. The van der Waals surface area contributed by atoms with E-state index in [1.54, 1.807) is 0 Å². The summed E-state index contributed by atoms with van der Waals surface area (Å²) < 4.78 is 6.03. The zero-order valence-electron chi connectivity index (χ0n) is 25.1. The van der Waals surface area contributed by atoms with Gasteiger partial charge in [0.2, 0.25) is 0 Å². The number of aliphatic carboxylic acids is 1. The molecule has 0 aromatic carbocycles. The van der Waals surface area contributed by atoms with Crippen LogP contribution in [0.5, 0.6) is 0 Å². The van der Waals surface area contributed by atoms with Gasteiger partial charge in [-0.1, -0.05) is 130 Å². The summed E-state index contributed by atoms with van der Waals surface area (Å²) in [6.45, 7) is 9.20. The van der Waals surface area contributed by atoms with E-state index >= 15 is 0 Å². The third-order valence-corrected chi connectivity index (χ3v) is 8.28. The van der Waals surface area contributed by atoms with Gasteiger partial charge < -0.3 is 9.84 Å². The molecule has 3 unspecified atom stereocenters. The minimum atomic E-state index is -0.833. The molecule has 0 aliphatic heterocycles. The molecule has 1 aliphatic carbocycles. The number of unbranched alkanes of at least 4 members (excludes halogenated alkanes) is 12. The molecule has 1 fully saturated rings. The van der Waals surface area contributed by atoms with Crippen molar-refractivity contribution in [3.63, 3.8) is 0 Å². The number of hydrogen-bond acceptors (Lipinski definition) is 3. The molecule has 4 heteroatoms. The second-order valence-corrected chi connectivity index (χ2v) is 12.8. The van der Waals surface area contributed by atoms with E-state index in [9.17, 15) is 14.7 Å². The Morgan fingerprint density at radius 2 is 0.946 bits per heavy atom. The number of ether oxygens (including phenoxy) is 1. The van der Waals surface area contributed by atoms with Crippen LogP contribution < -0.4 is 0 Å². The maximum atomic E-state index is 13.0. The van der Waals surface area contributed by atoms with Crippen LogP contribution in [-0.4, -0.2) is 23.1 Å². The lowest BCUT2D eigenvalue weighted by Gasteiger charge is -2.29. The van der Waals surface area contributed by atoms with Crippen molar-refractivity contribution in [3.8, 4) is 0 Å². The Balaban J connectivity index is 2.36. The number of carbonyl (C=O) groups excluding carboxylic acids is 1. The monoisotopic (exact) mass is 522 g/mol. The third-order valence-electron chi connectivity index (χ3n) is 8.28. The lowest BCUT2D eigenvalue weighted by atomic mass is 9.79. The Morgan fingerprint density at radius 1 is 0.595 bits per heavy atom. The van der Waals surface area contributed by atoms with Crippen LogP contribution in [0.2, 0.25) is 0 Å². The van der Waals surface area contributed by atoms with Gasteiger partial charge >= 0.3 is 11.9 Å². The molecule has 37 heavy (non-hydrogen) atoms. The van der Waals surface area contributed by atoms with Gasteiger partial charge in [0, 0.05) is 0 Å². The fourth-order valence-electron chi connectivity index (χ4n) is 5.84. The number of hydrogen-bond donors (Lipinski definition) is 1. The highest BCUT2D eigenvalue weighted by Gasteiger charge is 2.37. The van der Waals surface area contributed by atoms with E-state index in [2.05, 4.69) is 27.7 Å². The molecule has 3 atom stereocenters. The molecular weight excluding hydrogens is 460 g/mol. The van der Waals surface area contributed by atoms with Gasteiger partial charge in [-0.2, -0.15) is 0 Å². The summed E-state index contributed by atoms with van der Waals surface area (Å²) in [5.74, 6) is -0.467. The van der Waals surface area contributed by atoms with Gasteiger partial charge in [-0.05, 0) is 50.4 Å². The van der Waals surface area contributed by atoms with Crippen LogP contribution in [0.25, 0.3) is 0 Å². The Hall–Kier alpha value is -1.06. The lowest BCUT2D eigenvalue weighted by molar-refractivity contribution is -0.164. The van der Waals surface area contributed by atoms with Crippen LogP contribution in [0, 0.1) is 23.7 Å².